The lowest BCUT2D eigenvalue weighted by Crippen LogP contribution is -2.43. The third-order valence-electron chi connectivity index (χ3n) is 5.76. The predicted molar refractivity (Wildman–Crippen MR) is 121 cm³/mol. The molecule has 1 N–H and O–H groups in total. The van der Waals surface area contributed by atoms with Crippen molar-refractivity contribution in [3.05, 3.63) is 70.3 Å². The van der Waals surface area contributed by atoms with Gasteiger partial charge in [-0.05, 0) is 43.7 Å². The van der Waals surface area contributed by atoms with Gasteiger partial charge < -0.3 is 10.2 Å². The quantitative estimate of drug-likeness (QED) is 0.682. The molecule has 160 valence electrons. The van der Waals surface area contributed by atoms with Gasteiger partial charge in [-0.1, -0.05) is 42.0 Å². The molecule has 1 heterocycles. The number of ketones is 1. The van der Waals surface area contributed by atoms with Crippen molar-refractivity contribution in [1.82, 2.24) is 15.1 Å². The number of carbonyl (C=O) groups excluding carboxylic acids is 2. The number of piperazine rings is 1. The molecule has 2 aromatic rings. The lowest BCUT2D eigenvalue weighted by atomic mass is 9.99. The second-order valence-electron chi connectivity index (χ2n) is 8.42. The lowest BCUT2D eigenvalue weighted by Gasteiger charge is -2.32. The largest absolute Gasteiger partial charge is 0.352 e. The molecule has 5 nitrogen and oxygen atoms in total. The van der Waals surface area contributed by atoms with Crippen molar-refractivity contribution in [2.24, 2.45) is 0 Å². The minimum atomic E-state index is -0.0851. The van der Waals surface area contributed by atoms with Crippen LogP contribution in [0.3, 0.4) is 0 Å². The molecular formula is C25H33N3O2. The van der Waals surface area contributed by atoms with Gasteiger partial charge in [-0.25, -0.2) is 0 Å². The van der Waals surface area contributed by atoms with Crippen LogP contribution in [-0.4, -0.2) is 54.7 Å². The van der Waals surface area contributed by atoms with Crippen molar-refractivity contribution in [2.75, 3.05) is 33.2 Å². The van der Waals surface area contributed by atoms with Gasteiger partial charge in [-0.2, -0.15) is 0 Å². The van der Waals surface area contributed by atoms with Crippen molar-refractivity contribution in [1.29, 1.82) is 0 Å². The highest BCUT2D eigenvalue weighted by molar-refractivity contribution is 5.99. The Morgan fingerprint density at radius 3 is 2.43 bits per heavy atom. The van der Waals surface area contributed by atoms with E-state index in [0.717, 1.165) is 55.0 Å². The van der Waals surface area contributed by atoms with E-state index in [1.165, 1.54) is 5.56 Å². The summed E-state index contributed by atoms with van der Waals surface area (Å²) in [6.07, 6.45) is 0.451. The highest BCUT2D eigenvalue weighted by Gasteiger charge is 2.14. The second-order valence-corrected chi connectivity index (χ2v) is 8.42. The molecule has 1 amide bonds. The van der Waals surface area contributed by atoms with Crippen molar-refractivity contribution in [3.63, 3.8) is 0 Å². The molecular weight excluding hydrogens is 374 g/mol. The molecule has 0 bridgehead atoms. The van der Waals surface area contributed by atoms with Crippen LogP contribution in [-0.2, 0) is 17.9 Å². The molecule has 5 heteroatoms. The number of benzene rings is 2. The minimum Gasteiger partial charge on any atom is -0.352 e. The van der Waals surface area contributed by atoms with Crippen molar-refractivity contribution in [2.45, 2.75) is 39.8 Å². The summed E-state index contributed by atoms with van der Waals surface area (Å²) >= 11 is 0. The van der Waals surface area contributed by atoms with E-state index in [-0.39, 0.29) is 24.5 Å². The lowest BCUT2D eigenvalue weighted by molar-refractivity contribution is -0.121. The average Bonchev–Trinajstić information content (AvgIpc) is 2.74. The fourth-order valence-electron chi connectivity index (χ4n) is 3.79. The number of hydrogen-bond acceptors (Lipinski definition) is 4. The van der Waals surface area contributed by atoms with Crippen LogP contribution in [0.4, 0.5) is 0 Å². The molecule has 1 aliphatic heterocycles. The number of amides is 1. The molecule has 1 aliphatic rings. The van der Waals surface area contributed by atoms with Crippen LogP contribution < -0.4 is 5.32 Å². The number of aryl methyl sites for hydroxylation is 2. The summed E-state index contributed by atoms with van der Waals surface area (Å²) < 4.78 is 0. The van der Waals surface area contributed by atoms with E-state index in [1.54, 1.807) is 0 Å². The van der Waals surface area contributed by atoms with Crippen molar-refractivity contribution >= 4 is 11.7 Å². The molecule has 0 radical (unpaired) electrons. The van der Waals surface area contributed by atoms with Crippen LogP contribution in [0.2, 0.25) is 0 Å². The first-order valence-corrected chi connectivity index (χ1v) is 10.8. The molecule has 0 unspecified atom stereocenters. The van der Waals surface area contributed by atoms with E-state index < -0.39 is 0 Å². The number of nitrogens with one attached hydrogen (secondary N) is 1. The Labute approximate surface area is 180 Å². The number of carbonyl (C=O) groups is 2. The van der Waals surface area contributed by atoms with E-state index >= 15 is 0 Å². The normalized spacial score (nSPS) is 15.2. The average molecular weight is 408 g/mol. The zero-order valence-electron chi connectivity index (χ0n) is 18.4. The smallest absolute Gasteiger partial charge is 0.220 e. The van der Waals surface area contributed by atoms with Gasteiger partial charge in [-0.3, -0.25) is 14.5 Å². The summed E-state index contributed by atoms with van der Waals surface area (Å²) in [5.41, 5.74) is 5.11. The zero-order chi connectivity index (χ0) is 21.5. The maximum atomic E-state index is 12.5. The van der Waals surface area contributed by atoms with Crippen LogP contribution in [0, 0.1) is 13.8 Å². The standard InChI is InChI=1S/C25H33N3O2/c1-19-7-8-20(2)23(15-19)24(29)9-10-25(30)26-17-21-5-4-6-22(16-21)18-28-13-11-27(3)12-14-28/h4-8,15-16H,9-14,17-18H2,1-3H3,(H,26,30). The molecule has 0 saturated carbocycles. The zero-order valence-corrected chi connectivity index (χ0v) is 18.4. The van der Waals surface area contributed by atoms with Crippen LogP contribution in [0.15, 0.2) is 42.5 Å². The minimum absolute atomic E-state index is 0.0283. The molecule has 0 atom stereocenters. The van der Waals surface area contributed by atoms with Gasteiger partial charge in [0.25, 0.3) is 0 Å². The Morgan fingerprint density at radius 2 is 1.67 bits per heavy atom. The Balaban J connectivity index is 1.45. The van der Waals surface area contributed by atoms with Crippen LogP contribution in [0.5, 0.6) is 0 Å². The second kappa shape index (κ2) is 10.5. The van der Waals surface area contributed by atoms with Crippen molar-refractivity contribution in [3.8, 4) is 0 Å². The van der Waals surface area contributed by atoms with Crippen LogP contribution in [0.1, 0.15) is 45.5 Å². The maximum absolute atomic E-state index is 12.5. The summed E-state index contributed by atoms with van der Waals surface area (Å²) in [6, 6.07) is 14.3. The van der Waals surface area contributed by atoms with E-state index in [4.69, 9.17) is 0 Å². The Bertz CT molecular complexity index is 886. The summed E-state index contributed by atoms with van der Waals surface area (Å²) in [7, 11) is 2.16. The number of rotatable bonds is 8. The number of Topliss-reactive ketones (excluding diaryl/α,β-unsaturated/α-hetero) is 1. The summed E-state index contributed by atoms with van der Waals surface area (Å²) in [5.74, 6) is -0.0568. The topological polar surface area (TPSA) is 52.7 Å². The van der Waals surface area contributed by atoms with Gasteiger partial charge in [0.2, 0.25) is 5.91 Å². The first kappa shape index (κ1) is 22.2. The van der Waals surface area contributed by atoms with Gasteiger partial charge in [-0.15, -0.1) is 0 Å². The maximum Gasteiger partial charge on any atom is 0.220 e. The number of hydrogen-bond donors (Lipinski definition) is 1. The van der Waals surface area contributed by atoms with Gasteiger partial charge >= 0.3 is 0 Å². The summed E-state index contributed by atoms with van der Waals surface area (Å²) in [6.45, 7) is 9.74. The Hall–Kier alpha value is -2.50. The molecule has 3 rings (SSSR count). The van der Waals surface area contributed by atoms with E-state index in [0.29, 0.717) is 6.54 Å². The monoisotopic (exact) mass is 407 g/mol. The van der Waals surface area contributed by atoms with E-state index in [1.807, 2.05) is 38.1 Å². The van der Waals surface area contributed by atoms with Crippen molar-refractivity contribution < 1.29 is 9.59 Å². The molecule has 0 aromatic heterocycles. The molecule has 30 heavy (non-hydrogen) atoms. The van der Waals surface area contributed by atoms with E-state index in [9.17, 15) is 9.59 Å². The third-order valence-corrected chi connectivity index (χ3v) is 5.76. The first-order chi connectivity index (χ1) is 14.4. The fraction of sp³-hybridized carbons (Fsp3) is 0.440. The third kappa shape index (κ3) is 6.51. The first-order valence-electron chi connectivity index (χ1n) is 10.8. The van der Waals surface area contributed by atoms with Gasteiger partial charge in [0.1, 0.15) is 0 Å². The number of likely N-dealkylation sites (N-methyl/N-ethyl adjacent to an activating group) is 1. The Kier molecular flexibility index (Phi) is 7.77. The molecule has 0 aliphatic carbocycles. The number of nitrogens with zero attached hydrogens (tertiary/aromatic N) is 2. The SMILES string of the molecule is Cc1ccc(C)c(C(=O)CCC(=O)NCc2cccc(CN3CCN(C)CC3)c2)c1. The van der Waals surface area contributed by atoms with Crippen LogP contribution in [0.25, 0.3) is 0 Å². The van der Waals surface area contributed by atoms with Gasteiger partial charge in [0.15, 0.2) is 5.78 Å². The van der Waals surface area contributed by atoms with Gasteiger partial charge in [0.05, 0.1) is 0 Å². The highest BCUT2D eigenvalue weighted by atomic mass is 16.2. The summed E-state index contributed by atoms with van der Waals surface area (Å²) in [5, 5.41) is 2.96. The molecule has 1 saturated heterocycles. The fourth-order valence-corrected chi connectivity index (χ4v) is 3.79. The van der Waals surface area contributed by atoms with Crippen LogP contribution >= 0.6 is 0 Å². The summed E-state index contributed by atoms with van der Waals surface area (Å²) in [4.78, 5) is 29.5. The highest BCUT2D eigenvalue weighted by Crippen LogP contribution is 2.14. The predicted octanol–water partition coefficient (Wildman–Crippen LogP) is 3.33. The molecule has 2 aromatic carbocycles. The van der Waals surface area contributed by atoms with Gasteiger partial charge in [0, 0.05) is 57.7 Å². The molecule has 1 fully saturated rings. The Morgan fingerprint density at radius 1 is 0.933 bits per heavy atom. The van der Waals surface area contributed by atoms with E-state index in [2.05, 4.69) is 40.4 Å². The molecule has 0 spiro atoms.